The van der Waals surface area contributed by atoms with E-state index in [0.717, 1.165) is 25.2 Å². The van der Waals surface area contributed by atoms with Gasteiger partial charge in [0.15, 0.2) is 6.29 Å². The van der Waals surface area contributed by atoms with Crippen LogP contribution in [-0.2, 0) is 4.79 Å². The van der Waals surface area contributed by atoms with E-state index in [1.54, 1.807) is 7.05 Å². The van der Waals surface area contributed by atoms with Crippen molar-refractivity contribution in [3.63, 3.8) is 0 Å². The molecule has 2 atom stereocenters. The molecule has 0 bridgehead atoms. The average Bonchev–Trinajstić information content (AvgIpc) is 2.23. The van der Waals surface area contributed by atoms with Gasteiger partial charge >= 0.3 is 0 Å². The standard InChI is InChI=1S/C10H21IN2O/c1-3-4-9(7-11)5-6-13-10(8-14)12-2/h8-10,12-13H,3-7H2,1-2H3/t9-,10+/m0/s1. The molecule has 0 unspecified atom stereocenters. The predicted molar refractivity (Wildman–Crippen MR) is 68.8 cm³/mol. The highest BCUT2D eigenvalue weighted by Gasteiger charge is 2.07. The molecule has 0 aromatic rings. The topological polar surface area (TPSA) is 41.1 Å². The molecular weight excluding hydrogens is 291 g/mol. The molecule has 0 spiro atoms. The molecule has 0 aromatic heterocycles. The highest BCUT2D eigenvalue weighted by atomic mass is 127. The summed E-state index contributed by atoms with van der Waals surface area (Å²) in [5.41, 5.74) is 0. The molecule has 0 fully saturated rings. The van der Waals surface area contributed by atoms with E-state index < -0.39 is 0 Å². The van der Waals surface area contributed by atoms with Gasteiger partial charge in [-0.1, -0.05) is 35.9 Å². The Kier molecular flexibility index (Phi) is 10.1. The minimum atomic E-state index is -0.188. The second kappa shape index (κ2) is 9.86. The van der Waals surface area contributed by atoms with Crippen LogP contribution >= 0.6 is 22.6 Å². The van der Waals surface area contributed by atoms with E-state index >= 15 is 0 Å². The Labute approximate surface area is 101 Å². The lowest BCUT2D eigenvalue weighted by Gasteiger charge is -2.15. The molecule has 0 aliphatic carbocycles. The molecular formula is C10H21IN2O. The van der Waals surface area contributed by atoms with Gasteiger partial charge in [0, 0.05) is 4.43 Å². The Morgan fingerprint density at radius 3 is 2.57 bits per heavy atom. The molecule has 0 rings (SSSR count). The second-order valence-corrected chi connectivity index (χ2v) is 4.34. The predicted octanol–water partition coefficient (Wildman–Crippen LogP) is 1.56. The maximum Gasteiger partial charge on any atom is 0.151 e. The van der Waals surface area contributed by atoms with Crippen molar-refractivity contribution in [1.29, 1.82) is 0 Å². The summed E-state index contributed by atoms with van der Waals surface area (Å²) in [7, 11) is 1.79. The van der Waals surface area contributed by atoms with Crippen LogP contribution in [0, 0.1) is 5.92 Å². The molecule has 14 heavy (non-hydrogen) atoms. The van der Waals surface area contributed by atoms with Crippen molar-refractivity contribution in [2.45, 2.75) is 32.4 Å². The van der Waals surface area contributed by atoms with Gasteiger partial charge in [-0.15, -0.1) is 0 Å². The lowest BCUT2D eigenvalue weighted by molar-refractivity contribution is -0.110. The number of rotatable bonds is 9. The van der Waals surface area contributed by atoms with Gasteiger partial charge in [0.25, 0.3) is 0 Å². The second-order valence-electron chi connectivity index (χ2n) is 3.45. The van der Waals surface area contributed by atoms with Gasteiger partial charge in [0.1, 0.15) is 6.17 Å². The van der Waals surface area contributed by atoms with Gasteiger partial charge in [0.05, 0.1) is 0 Å². The van der Waals surface area contributed by atoms with Crippen molar-refractivity contribution in [3.05, 3.63) is 0 Å². The van der Waals surface area contributed by atoms with E-state index in [0.29, 0.717) is 0 Å². The first-order valence-corrected chi connectivity index (χ1v) is 6.72. The number of halogens is 1. The quantitative estimate of drug-likeness (QED) is 0.294. The van der Waals surface area contributed by atoms with Crippen LogP contribution in [0.3, 0.4) is 0 Å². The highest BCUT2D eigenvalue weighted by molar-refractivity contribution is 14.1. The largest absolute Gasteiger partial charge is 0.300 e. The first-order valence-electron chi connectivity index (χ1n) is 5.20. The molecule has 3 nitrogen and oxygen atoms in total. The fraction of sp³-hybridized carbons (Fsp3) is 0.900. The molecule has 0 saturated carbocycles. The van der Waals surface area contributed by atoms with Crippen LogP contribution in [0.2, 0.25) is 0 Å². The summed E-state index contributed by atoms with van der Waals surface area (Å²) in [6, 6.07) is 0. The van der Waals surface area contributed by atoms with Gasteiger partial charge in [0.2, 0.25) is 0 Å². The fourth-order valence-corrected chi connectivity index (χ4v) is 2.25. The number of aldehydes is 1. The smallest absolute Gasteiger partial charge is 0.151 e. The van der Waals surface area contributed by atoms with Crippen molar-refractivity contribution in [1.82, 2.24) is 10.6 Å². The van der Waals surface area contributed by atoms with Gasteiger partial charge in [-0.3, -0.25) is 10.6 Å². The Balaban J connectivity index is 3.53. The Hall–Kier alpha value is 0.320. The molecule has 2 N–H and O–H groups in total. The minimum absolute atomic E-state index is 0.188. The zero-order valence-electron chi connectivity index (χ0n) is 9.05. The summed E-state index contributed by atoms with van der Waals surface area (Å²) >= 11 is 2.44. The Bertz CT molecular complexity index is 144. The van der Waals surface area contributed by atoms with Crippen LogP contribution in [-0.4, -0.2) is 30.5 Å². The molecule has 0 radical (unpaired) electrons. The molecule has 4 heteroatoms. The number of nitrogens with one attached hydrogen (secondary N) is 2. The zero-order chi connectivity index (χ0) is 10.8. The number of hydrogen-bond donors (Lipinski definition) is 2. The third kappa shape index (κ3) is 6.73. The van der Waals surface area contributed by atoms with Gasteiger partial charge in [-0.05, 0) is 32.4 Å². The van der Waals surface area contributed by atoms with Crippen LogP contribution < -0.4 is 10.6 Å². The number of alkyl halides is 1. The molecule has 0 amide bonds. The number of carbonyl (C=O) groups is 1. The van der Waals surface area contributed by atoms with Crippen molar-refractivity contribution in [3.8, 4) is 0 Å². The van der Waals surface area contributed by atoms with Crippen molar-refractivity contribution in [2.24, 2.45) is 5.92 Å². The summed E-state index contributed by atoms with van der Waals surface area (Å²) < 4.78 is 1.21. The lowest BCUT2D eigenvalue weighted by Crippen LogP contribution is -2.42. The van der Waals surface area contributed by atoms with Crippen molar-refractivity contribution < 1.29 is 4.79 Å². The molecule has 0 heterocycles. The third-order valence-electron chi connectivity index (χ3n) is 2.28. The minimum Gasteiger partial charge on any atom is -0.300 e. The summed E-state index contributed by atoms with van der Waals surface area (Å²) in [4.78, 5) is 10.5. The zero-order valence-corrected chi connectivity index (χ0v) is 11.2. The molecule has 0 aromatic carbocycles. The molecule has 0 saturated heterocycles. The van der Waals surface area contributed by atoms with Gasteiger partial charge in [-0.2, -0.15) is 0 Å². The number of carbonyl (C=O) groups excluding carboxylic acids is 1. The molecule has 0 aliphatic heterocycles. The summed E-state index contributed by atoms with van der Waals surface area (Å²) in [6.45, 7) is 3.13. The fourth-order valence-electron chi connectivity index (χ4n) is 1.37. The number of hydrogen-bond acceptors (Lipinski definition) is 3. The summed E-state index contributed by atoms with van der Waals surface area (Å²) in [5.74, 6) is 0.789. The Morgan fingerprint density at radius 2 is 2.14 bits per heavy atom. The SMILES string of the molecule is CCC[C@H](CI)CCN[C@H](C=O)NC. The van der Waals surface area contributed by atoms with E-state index in [4.69, 9.17) is 0 Å². The van der Waals surface area contributed by atoms with Crippen molar-refractivity contribution in [2.75, 3.05) is 18.0 Å². The maximum absolute atomic E-state index is 10.5. The number of likely N-dealkylation sites (N-methyl/N-ethyl adjacent to an activating group) is 1. The van der Waals surface area contributed by atoms with Crippen molar-refractivity contribution >= 4 is 28.9 Å². The third-order valence-corrected chi connectivity index (χ3v) is 3.52. The summed E-state index contributed by atoms with van der Waals surface area (Å²) in [6.07, 6.45) is 4.40. The van der Waals surface area contributed by atoms with E-state index in [1.807, 2.05) is 0 Å². The van der Waals surface area contributed by atoms with E-state index in [1.165, 1.54) is 17.3 Å². The summed E-state index contributed by atoms with van der Waals surface area (Å²) in [5, 5.41) is 6.05. The van der Waals surface area contributed by atoms with E-state index in [9.17, 15) is 4.79 Å². The highest BCUT2D eigenvalue weighted by Crippen LogP contribution is 2.13. The maximum atomic E-state index is 10.5. The monoisotopic (exact) mass is 312 g/mol. The molecule has 0 aliphatic rings. The van der Waals surface area contributed by atoms with Crippen LogP contribution in [0.25, 0.3) is 0 Å². The normalized spacial score (nSPS) is 15.1. The first kappa shape index (κ1) is 14.3. The van der Waals surface area contributed by atoms with E-state index in [2.05, 4.69) is 40.1 Å². The van der Waals surface area contributed by atoms with Crippen LogP contribution in [0.4, 0.5) is 0 Å². The van der Waals surface area contributed by atoms with Crippen LogP contribution in [0.1, 0.15) is 26.2 Å². The average molecular weight is 312 g/mol. The van der Waals surface area contributed by atoms with E-state index in [-0.39, 0.29) is 6.17 Å². The van der Waals surface area contributed by atoms with Crippen LogP contribution in [0.15, 0.2) is 0 Å². The molecule has 84 valence electrons. The first-order chi connectivity index (χ1) is 6.78. The Morgan fingerprint density at radius 1 is 1.43 bits per heavy atom. The lowest BCUT2D eigenvalue weighted by atomic mass is 10.0. The van der Waals surface area contributed by atoms with Crippen LogP contribution in [0.5, 0.6) is 0 Å². The van der Waals surface area contributed by atoms with Gasteiger partial charge < -0.3 is 4.79 Å². The van der Waals surface area contributed by atoms with Gasteiger partial charge in [-0.25, -0.2) is 0 Å².